The van der Waals surface area contributed by atoms with Crippen molar-refractivity contribution in [2.24, 2.45) is 5.92 Å². The van der Waals surface area contributed by atoms with Gasteiger partial charge in [0.2, 0.25) is 0 Å². The second kappa shape index (κ2) is 2.89. The molecule has 0 radical (unpaired) electrons. The molecule has 1 fully saturated rings. The van der Waals surface area contributed by atoms with Crippen molar-refractivity contribution in [1.82, 2.24) is 0 Å². The van der Waals surface area contributed by atoms with Crippen molar-refractivity contribution < 1.29 is 5.48 Å². The molecule has 2 heteroatoms. The summed E-state index contributed by atoms with van der Waals surface area (Å²) >= 11 is 0. The van der Waals surface area contributed by atoms with Crippen LogP contribution >= 0.6 is 0 Å². The maximum atomic E-state index is 10.7. The fraction of sp³-hybridized carbons (Fsp3) is 1.00. The number of quaternary nitrogens is 1. The van der Waals surface area contributed by atoms with E-state index in [9.17, 15) is 5.21 Å². The Morgan fingerprint density at radius 2 is 2.20 bits per heavy atom. The van der Waals surface area contributed by atoms with E-state index in [1.807, 2.05) is 0 Å². The second-order valence-electron chi connectivity index (χ2n) is 3.77. The van der Waals surface area contributed by atoms with Gasteiger partial charge in [-0.3, -0.25) is 0 Å². The summed E-state index contributed by atoms with van der Waals surface area (Å²) < 4.78 is 0. The summed E-state index contributed by atoms with van der Waals surface area (Å²) in [4.78, 5) is 0. The fourth-order valence-corrected chi connectivity index (χ4v) is 1.71. The van der Waals surface area contributed by atoms with Crippen LogP contribution in [0.4, 0.5) is 0 Å². The lowest BCUT2D eigenvalue weighted by Gasteiger charge is -2.38. The summed E-state index contributed by atoms with van der Waals surface area (Å²) in [6.45, 7) is 4.28. The highest BCUT2D eigenvalue weighted by molar-refractivity contribution is 4.82. The van der Waals surface area contributed by atoms with Crippen LogP contribution in [0.1, 0.15) is 39.5 Å². The molecular weight excluding hydrogens is 126 g/mol. The van der Waals surface area contributed by atoms with Gasteiger partial charge in [-0.2, -0.15) is 0 Å². The average molecular weight is 143 g/mol. The number of nitrogens with two attached hydrogens (primary N) is 1. The quantitative estimate of drug-likeness (QED) is 0.547. The van der Waals surface area contributed by atoms with Crippen LogP contribution in [0, 0.1) is 11.1 Å². The minimum atomic E-state index is -0.00174. The van der Waals surface area contributed by atoms with Gasteiger partial charge in [0.25, 0.3) is 0 Å². The van der Waals surface area contributed by atoms with E-state index in [0.717, 1.165) is 11.9 Å². The molecule has 1 saturated carbocycles. The highest BCUT2D eigenvalue weighted by Crippen LogP contribution is 2.29. The summed E-state index contributed by atoms with van der Waals surface area (Å²) in [5, 5.41) is 10.7. The lowest BCUT2D eigenvalue weighted by Crippen LogP contribution is -2.93. The number of hydrogen-bond donors (Lipinski definition) is 1. The second-order valence-corrected chi connectivity index (χ2v) is 3.77. The van der Waals surface area contributed by atoms with Crippen LogP contribution in [-0.4, -0.2) is 5.54 Å². The Kier molecular flexibility index (Phi) is 2.32. The summed E-state index contributed by atoms with van der Waals surface area (Å²) in [7, 11) is 0. The molecule has 0 aromatic heterocycles. The van der Waals surface area contributed by atoms with Crippen LogP contribution in [0.5, 0.6) is 0 Å². The Morgan fingerprint density at radius 3 is 2.60 bits per heavy atom. The molecule has 1 aliphatic rings. The van der Waals surface area contributed by atoms with Gasteiger partial charge in [-0.15, -0.1) is 0 Å². The van der Waals surface area contributed by atoms with Crippen molar-refractivity contribution in [3.8, 4) is 0 Å². The van der Waals surface area contributed by atoms with Gasteiger partial charge in [-0.05, 0) is 19.8 Å². The molecule has 2 N–H and O–H groups in total. The van der Waals surface area contributed by atoms with Crippen LogP contribution in [0.2, 0.25) is 0 Å². The van der Waals surface area contributed by atoms with E-state index in [2.05, 4.69) is 13.8 Å². The molecule has 0 aromatic carbocycles. The Morgan fingerprint density at radius 1 is 1.50 bits per heavy atom. The van der Waals surface area contributed by atoms with Gasteiger partial charge in [-0.25, -0.2) is 0 Å². The molecule has 1 aliphatic carbocycles. The maximum Gasteiger partial charge on any atom is 0.0955 e. The first-order valence-corrected chi connectivity index (χ1v) is 4.15. The van der Waals surface area contributed by atoms with Crippen LogP contribution < -0.4 is 5.48 Å². The molecule has 2 atom stereocenters. The molecule has 0 amide bonds. The van der Waals surface area contributed by atoms with Crippen molar-refractivity contribution in [2.45, 2.75) is 45.1 Å². The predicted molar refractivity (Wildman–Crippen MR) is 41.3 cm³/mol. The predicted octanol–water partition coefficient (Wildman–Crippen LogP) is 1.02. The van der Waals surface area contributed by atoms with Crippen molar-refractivity contribution in [3.63, 3.8) is 0 Å². The summed E-state index contributed by atoms with van der Waals surface area (Å²) in [6, 6.07) is 0. The van der Waals surface area contributed by atoms with E-state index in [-0.39, 0.29) is 5.54 Å². The third-order valence-corrected chi connectivity index (χ3v) is 3.00. The Balaban J connectivity index is 2.54. The minimum absolute atomic E-state index is 0.00174. The molecule has 1 rings (SSSR count). The van der Waals surface area contributed by atoms with E-state index in [1.165, 1.54) is 19.3 Å². The van der Waals surface area contributed by atoms with Gasteiger partial charge in [0.05, 0.1) is 5.54 Å². The molecule has 0 heterocycles. The topological polar surface area (TPSA) is 39.7 Å². The highest BCUT2D eigenvalue weighted by Gasteiger charge is 2.34. The molecule has 0 saturated heterocycles. The van der Waals surface area contributed by atoms with Crippen LogP contribution in [0.15, 0.2) is 0 Å². The van der Waals surface area contributed by atoms with E-state index >= 15 is 0 Å². The monoisotopic (exact) mass is 143 g/mol. The number of rotatable bonds is 1. The SMILES string of the molecule is CC1CCCCC1(C)[NH2+][O-]. The standard InChI is InChI=1S/C8H17NO/c1-7-5-3-4-6-8(7,2)9-10/h7H,3-6,9H2,1-2H3. The Hall–Kier alpha value is -0.0800. The van der Waals surface area contributed by atoms with Gasteiger partial charge in [0.1, 0.15) is 0 Å². The normalized spacial score (nSPS) is 41.7. The zero-order valence-corrected chi connectivity index (χ0v) is 6.89. The number of hydrogen-bond acceptors (Lipinski definition) is 1. The van der Waals surface area contributed by atoms with Crippen LogP contribution in [0.3, 0.4) is 0 Å². The molecule has 2 nitrogen and oxygen atoms in total. The summed E-state index contributed by atoms with van der Waals surface area (Å²) in [5.41, 5.74) is 1.15. The molecular formula is C8H17NO. The van der Waals surface area contributed by atoms with E-state index in [0.29, 0.717) is 5.92 Å². The van der Waals surface area contributed by atoms with Crippen LogP contribution in [0.25, 0.3) is 0 Å². The summed E-state index contributed by atoms with van der Waals surface area (Å²) in [5.74, 6) is 0.596. The van der Waals surface area contributed by atoms with Crippen LogP contribution in [-0.2, 0) is 0 Å². The molecule has 10 heavy (non-hydrogen) atoms. The first-order valence-electron chi connectivity index (χ1n) is 4.15. The molecule has 2 unspecified atom stereocenters. The number of hydroxylamine groups is 1. The van der Waals surface area contributed by atoms with Gasteiger partial charge in [-0.1, -0.05) is 13.3 Å². The Labute approximate surface area is 62.6 Å². The van der Waals surface area contributed by atoms with E-state index in [4.69, 9.17) is 0 Å². The van der Waals surface area contributed by atoms with Gasteiger partial charge in [0, 0.05) is 12.3 Å². The van der Waals surface area contributed by atoms with E-state index in [1.54, 1.807) is 0 Å². The van der Waals surface area contributed by atoms with Crippen molar-refractivity contribution in [1.29, 1.82) is 0 Å². The molecule has 0 aromatic rings. The van der Waals surface area contributed by atoms with Crippen molar-refractivity contribution >= 4 is 0 Å². The largest absolute Gasteiger partial charge is 0.635 e. The lowest BCUT2D eigenvalue weighted by molar-refractivity contribution is -0.677. The van der Waals surface area contributed by atoms with Gasteiger partial charge < -0.3 is 10.7 Å². The molecule has 60 valence electrons. The molecule has 0 aliphatic heterocycles. The first kappa shape index (κ1) is 8.02. The Bertz CT molecular complexity index is 116. The molecule has 0 spiro atoms. The van der Waals surface area contributed by atoms with Crippen molar-refractivity contribution in [3.05, 3.63) is 5.21 Å². The lowest BCUT2D eigenvalue weighted by atomic mass is 9.76. The smallest absolute Gasteiger partial charge is 0.0955 e. The highest BCUT2D eigenvalue weighted by atomic mass is 16.5. The van der Waals surface area contributed by atoms with E-state index < -0.39 is 0 Å². The fourth-order valence-electron chi connectivity index (χ4n) is 1.71. The molecule has 0 bridgehead atoms. The zero-order chi connectivity index (χ0) is 7.61. The first-order chi connectivity index (χ1) is 4.69. The zero-order valence-electron chi connectivity index (χ0n) is 6.89. The maximum absolute atomic E-state index is 10.7. The van der Waals surface area contributed by atoms with Crippen molar-refractivity contribution in [2.75, 3.05) is 0 Å². The third-order valence-electron chi connectivity index (χ3n) is 3.00. The summed E-state index contributed by atoms with van der Waals surface area (Å²) in [6.07, 6.45) is 4.87. The minimum Gasteiger partial charge on any atom is -0.635 e. The average Bonchev–Trinajstić information content (AvgIpc) is 1.96. The van der Waals surface area contributed by atoms with Gasteiger partial charge in [0.15, 0.2) is 0 Å². The van der Waals surface area contributed by atoms with Gasteiger partial charge >= 0.3 is 0 Å². The third kappa shape index (κ3) is 1.32.